The smallest absolute Gasteiger partial charge is 0.240 e. The number of nitriles is 1. The highest BCUT2D eigenvalue weighted by molar-refractivity contribution is 5.88. The van der Waals surface area contributed by atoms with Crippen LogP contribution in [0.3, 0.4) is 0 Å². The molecule has 1 amide bonds. The minimum absolute atomic E-state index is 0.0421. The summed E-state index contributed by atoms with van der Waals surface area (Å²) in [6, 6.07) is 2.09. The Morgan fingerprint density at radius 3 is 2.79 bits per heavy atom. The average molecular weight is 196 g/mol. The van der Waals surface area contributed by atoms with Gasteiger partial charge in [0, 0.05) is 12.6 Å². The fraction of sp³-hybridized carbons (Fsp3) is 0.800. The van der Waals surface area contributed by atoms with Gasteiger partial charge in [0.05, 0.1) is 6.07 Å². The van der Waals surface area contributed by atoms with Gasteiger partial charge in [-0.05, 0) is 32.6 Å². The maximum atomic E-state index is 11.5. The van der Waals surface area contributed by atoms with Crippen LogP contribution in [0.4, 0.5) is 0 Å². The van der Waals surface area contributed by atoms with E-state index in [-0.39, 0.29) is 18.6 Å². The van der Waals surface area contributed by atoms with Crippen molar-refractivity contribution in [2.45, 2.75) is 38.6 Å². The van der Waals surface area contributed by atoms with Crippen LogP contribution in [0.1, 0.15) is 32.6 Å². The number of aliphatic hydroxyl groups is 1. The van der Waals surface area contributed by atoms with Crippen LogP contribution in [0.5, 0.6) is 0 Å². The second-order valence-corrected chi connectivity index (χ2v) is 3.93. The quantitative estimate of drug-likeness (QED) is 0.675. The Hall–Kier alpha value is -1.08. The van der Waals surface area contributed by atoms with E-state index in [4.69, 9.17) is 10.4 Å². The molecule has 1 atom stereocenters. The molecule has 4 heteroatoms. The molecule has 1 rings (SSSR count). The number of rotatable bonds is 5. The third-order valence-electron chi connectivity index (χ3n) is 2.57. The average Bonchev–Trinajstić information content (AvgIpc) is 2.95. The summed E-state index contributed by atoms with van der Waals surface area (Å²) < 4.78 is 0. The summed E-state index contributed by atoms with van der Waals surface area (Å²) in [5.74, 6) is -0.148. The fourth-order valence-corrected chi connectivity index (χ4v) is 1.35. The highest BCUT2D eigenvalue weighted by atomic mass is 16.2. The van der Waals surface area contributed by atoms with E-state index in [1.807, 2.05) is 6.92 Å². The van der Waals surface area contributed by atoms with Crippen molar-refractivity contribution in [2.24, 2.45) is 5.41 Å². The predicted octanol–water partition coefficient (Wildman–Crippen LogP) is 0.567. The van der Waals surface area contributed by atoms with Crippen LogP contribution in [0, 0.1) is 16.7 Å². The molecule has 0 aromatic heterocycles. The molecule has 0 aliphatic heterocycles. The first-order chi connectivity index (χ1) is 6.64. The van der Waals surface area contributed by atoms with Crippen LogP contribution in [0.2, 0.25) is 0 Å². The van der Waals surface area contributed by atoms with Crippen molar-refractivity contribution in [1.29, 1.82) is 5.26 Å². The molecule has 1 saturated carbocycles. The molecular formula is C10H16N2O2. The van der Waals surface area contributed by atoms with Gasteiger partial charge in [0.2, 0.25) is 5.91 Å². The van der Waals surface area contributed by atoms with Gasteiger partial charge in [-0.3, -0.25) is 4.79 Å². The van der Waals surface area contributed by atoms with Gasteiger partial charge in [-0.2, -0.15) is 5.26 Å². The van der Waals surface area contributed by atoms with Gasteiger partial charge in [-0.1, -0.05) is 0 Å². The first-order valence-electron chi connectivity index (χ1n) is 4.98. The monoisotopic (exact) mass is 196 g/mol. The zero-order valence-electron chi connectivity index (χ0n) is 8.42. The number of amides is 1. The Morgan fingerprint density at radius 2 is 2.36 bits per heavy atom. The van der Waals surface area contributed by atoms with Crippen molar-refractivity contribution < 1.29 is 9.90 Å². The molecule has 1 fully saturated rings. The van der Waals surface area contributed by atoms with Crippen molar-refractivity contribution in [2.75, 3.05) is 6.61 Å². The second kappa shape index (κ2) is 4.43. The molecule has 0 radical (unpaired) electrons. The van der Waals surface area contributed by atoms with Gasteiger partial charge in [0.25, 0.3) is 0 Å². The lowest BCUT2D eigenvalue weighted by atomic mass is 10.1. The van der Waals surface area contributed by atoms with E-state index >= 15 is 0 Å². The van der Waals surface area contributed by atoms with Gasteiger partial charge < -0.3 is 10.4 Å². The zero-order chi connectivity index (χ0) is 10.6. The van der Waals surface area contributed by atoms with E-state index in [1.165, 1.54) is 0 Å². The van der Waals surface area contributed by atoms with Crippen molar-refractivity contribution in [3.05, 3.63) is 0 Å². The van der Waals surface area contributed by atoms with E-state index in [9.17, 15) is 4.79 Å². The largest absolute Gasteiger partial charge is 0.396 e. The first kappa shape index (κ1) is 11.0. The Kier molecular flexibility index (Phi) is 3.48. The standard InChI is InChI=1S/C10H16N2O2/c1-8(3-2-6-13)12-9(14)10(7-11)4-5-10/h8,13H,2-6H2,1H3,(H,12,14). The van der Waals surface area contributed by atoms with E-state index in [1.54, 1.807) is 0 Å². The van der Waals surface area contributed by atoms with Crippen LogP contribution in [0.25, 0.3) is 0 Å². The summed E-state index contributed by atoms with van der Waals surface area (Å²) in [4.78, 5) is 11.5. The normalized spacial score (nSPS) is 19.5. The van der Waals surface area contributed by atoms with Crippen molar-refractivity contribution in [3.63, 3.8) is 0 Å². The summed E-state index contributed by atoms with van der Waals surface area (Å²) in [7, 11) is 0. The fourth-order valence-electron chi connectivity index (χ4n) is 1.35. The molecule has 0 spiro atoms. The summed E-state index contributed by atoms with van der Waals surface area (Å²) in [5, 5.41) is 20.2. The van der Waals surface area contributed by atoms with Crippen molar-refractivity contribution in [3.8, 4) is 6.07 Å². The molecule has 0 aromatic rings. The topological polar surface area (TPSA) is 73.1 Å². The number of hydrogen-bond acceptors (Lipinski definition) is 3. The molecule has 4 nitrogen and oxygen atoms in total. The highest BCUT2D eigenvalue weighted by Crippen LogP contribution is 2.45. The maximum Gasteiger partial charge on any atom is 0.240 e. The van der Waals surface area contributed by atoms with Gasteiger partial charge in [-0.25, -0.2) is 0 Å². The summed E-state index contributed by atoms with van der Waals surface area (Å²) in [6.45, 7) is 2.03. The lowest BCUT2D eigenvalue weighted by Gasteiger charge is -2.14. The SMILES string of the molecule is CC(CCCO)NC(=O)C1(C#N)CC1. The number of aliphatic hydroxyl groups excluding tert-OH is 1. The third-order valence-corrected chi connectivity index (χ3v) is 2.57. The molecule has 0 heterocycles. The second-order valence-electron chi connectivity index (χ2n) is 3.93. The van der Waals surface area contributed by atoms with Crippen LogP contribution in [0.15, 0.2) is 0 Å². The van der Waals surface area contributed by atoms with Gasteiger partial charge in [0.15, 0.2) is 0 Å². The Balaban J connectivity index is 2.31. The number of carbonyl (C=O) groups is 1. The van der Waals surface area contributed by atoms with Gasteiger partial charge >= 0.3 is 0 Å². The first-order valence-corrected chi connectivity index (χ1v) is 4.98. The minimum atomic E-state index is -0.729. The highest BCUT2D eigenvalue weighted by Gasteiger charge is 2.50. The lowest BCUT2D eigenvalue weighted by molar-refractivity contribution is -0.125. The molecule has 1 aliphatic rings. The van der Waals surface area contributed by atoms with Crippen LogP contribution in [-0.2, 0) is 4.79 Å². The van der Waals surface area contributed by atoms with Gasteiger partial charge in [-0.15, -0.1) is 0 Å². The number of nitrogens with one attached hydrogen (secondary N) is 1. The molecule has 0 saturated heterocycles. The Bertz CT molecular complexity index is 253. The van der Waals surface area contributed by atoms with Crippen molar-refractivity contribution in [1.82, 2.24) is 5.32 Å². The minimum Gasteiger partial charge on any atom is -0.396 e. The molecule has 2 N–H and O–H groups in total. The molecule has 78 valence electrons. The van der Waals surface area contributed by atoms with E-state index in [2.05, 4.69) is 11.4 Å². The number of hydrogen-bond donors (Lipinski definition) is 2. The molecule has 1 unspecified atom stereocenters. The number of nitrogens with zero attached hydrogens (tertiary/aromatic N) is 1. The summed E-state index contributed by atoms with van der Waals surface area (Å²) >= 11 is 0. The zero-order valence-corrected chi connectivity index (χ0v) is 8.42. The molecule has 1 aliphatic carbocycles. The van der Waals surface area contributed by atoms with Crippen molar-refractivity contribution >= 4 is 5.91 Å². The summed E-state index contributed by atoms with van der Waals surface area (Å²) in [6.07, 6.45) is 2.80. The van der Waals surface area contributed by atoms with Crippen LogP contribution < -0.4 is 5.32 Å². The van der Waals surface area contributed by atoms with Crippen LogP contribution >= 0.6 is 0 Å². The van der Waals surface area contributed by atoms with E-state index in [0.717, 1.165) is 6.42 Å². The molecule has 0 aromatic carbocycles. The molecule has 0 bridgehead atoms. The van der Waals surface area contributed by atoms with Gasteiger partial charge in [0.1, 0.15) is 5.41 Å². The van der Waals surface area contributed by atoms with Crippen LogP contribution in [-0.4, -0.2) is 23.7 Å². The molecule has 14 heavy (non-hydrogen) atoms. The Labute approximate surface area is 83.9 Å². The van der Waals surface area contributed by atoms with E-state index in [0.29, 0.717) is 19.3 Å². The third kappa shape index (κ3) is 2.46. The lowest BCUT2D eigenvalue weighted by Crippen LogP contribution is -2.37. The van der Waals surface area contributed by atoms with E-state index < -0.39 is 5.41 Å². The summed E-state index contributed by atoms with van der Waals surface area (Å²) in [5.41, 5.74) is -0.729. The predicted molar refractivity (Wildman–Crippen MR) is 51.2 cm³/mol. The molecular weight excluding hydrogens is 180 g/mol. The number of carbonyl (C=O) groups excluding carboxylic acids is 1. The maximum absolute atomic E-state index is 11.5. The Morgan fingerprint density at radius 1 is 1.71 bits per heavy atom.